The van der Waals surface area contributed by atoms with E-state index in [1.165, 1.54) is 17.8 Å². The van der Waals surface area contributed by atoms with E-state index < -0.39 is 34.7 Å². The van der Waals surface area contributed by atoms with Crippen LogP contribution in [0.1, 0.15) is 17.5 Å². The first-order chi connectivity index (χ1) is 11.7. The lowest BCUT2D eigenvalue weighted by atomic mass is 10.1. The van der Waals surface area contributed by atoms with Crippen LogP contribution in [0.25, 0.3) is 0 Å². The Bertz CT molecular complexity index is 781. The second kappa shape index (κ2) is 6.81. The Morgan fingerprint density at radius 1 is 1.28 bits per heavy atom. The number of nitrogens with zero attached hydrogens (tertiary/aromatic N) is 1. The summed E-state index contributed by atoms with van der Waals surface area (Å²) >= 11 is 1.20. The lowest BCUT2D eigenvalue weighted by Gasteiger charge is -2.23. The van der Waals surface area contributed by atoms with Gasteiger partial charge < -0.3 is 5.32 Å². The first-order valence-corrected chi connectivity index (χ1v) is 10.3. The molecule has 25 heavy (non-hydrogen) atoms. The van der Waals surface area contributed by atoms with Crippen LogP contribution in [0.3, 0.4) is 0 Å². The van der Waals surface area contributed by atoms with Crippen LogP contribution >= 0.6 is 11.8 Å². The maximum atomic E-state index is 12.9. The van der Waals surface area contributed by atoms with Gasteiger partial charge in [-0.25, -0.2) is 8.42 Å². The number of carbonyl (C=O) groups excluding carboxylic acids is 1. The Hall–Kier alpha value is -1.26. The molecule has 1 saturated heterocycles. The molecule has 0 radical (unpaired) electrons. The van der Waals surface area contributed by atoms with E-state index in [2.05, 4.69) is 0 Å². The smallest absolute Gasteiger partial charge is 0.346 e. The Kier molecular flexibility index (Phi) is 5.04. The van der Waals surface area contributed by atoms with Crippen molar-refractivity contribution in [1.29, 1.82) is 0 Å². The molecule has 0 aromatic heterocycles. The zero-order chi connectivity index (χ0) is 18.2. The lowest BCUT2D eigenvalue weighted by molar-refractivity contribution is -0.140. The first kappa shape index (κ1) is 18.5. The van der Waals surface area contributed by atoms with E-state index in [0.29, 0.717) is 0 Å². The number of alkyl halides is 3. The largest absolute Gasteiger partial charge is 0.405 e. The van der Waals surface area contributed by atoms with Crippen molar-refractivity contribution < 1.29 is 26.4 Å². The Labute approximate surface area is 148 Å². The molecular formula is C15H17F3N2O3S2. The standard InChI is InChI=1S/C15H17F3N2O3S2/c16-15(17,18)8-19-14(21)13-7-24-9-20(13)25(22,23)12-5-4-10-2-1-3-11(10)6-12/h4-6,13H,1-3,7-9H2,(H,19,21). The van der Waals surface area contributed by atoms with Crippen molar-refractivity contribution in [2.45, 2.75) is 36.4 Å². The van der Waals surface area contributed by atoms with Crippen LogP contribution in [0, 0.1) is 0 Å². The van der Waals surface area contributed by atoms with Crippen molar-refractivity contribution in [3.8, 4) is 0 Å². The minimum absolute atomic E-state index is 0.0452. The summed E-state index contributed by atoms with van der Waals surface area (Å²) < 4.78 is 63.5. The number of aryl methyl sites for hydroxylation is 2. The summed E-state index contributed by atoms with van der Waals surface area (Å²) in [6.07, 6.45) is -1.84. The summed E-state index contributed by atoms with van der Waals surface area (Å²) in [4.78, 5) is 12.1. The van der Waals surface area contributed by atoms with Crippen LogP contribution in [-0.4, -0.2) is 49.0 Å². The van der Waals surface area contributed by atoms with E-state index in [9.17, 15) is 26.4 Å². The number of hydrogen-bond donors (Lipinski definition) is 1. The van der Waals surface area contributed by atoms with Gasteiger partial charge in [0, 0.05) is 5.75 Å². The van der Waals surface area contributed by atoms with Gasteiger partial charge in [-0.1, -0.05) is 6.07 Å². The van der Waals surface area contributed by atoms with Gasteiger partial charge in [0.15, 0.2) is 0 Å². The third kappa shape index (κ3) is 3.95. The van der Waals surface area contributed by atoms with Gasteiger partial charge in [0.1, 0.15) is 12.6 Å². The highest BCUT2D eigenvalue weighted by Gasteiger charge is 2.41. The fourth-order valence-electron chi connectivity index (χ4n) is 3.02. The number of amides is 1. The van der Waals surface area contributed by atoms with Crippen molar-refractivity contribution >= 4 is 27.7 Å². The summed E-state index contributed by atoms with van der Waals surface area (Å²) in [7, 11) is -3.94. The van der Waals surface area contributed by atoms with Crippen molar-refractivity contribution in [2.24, 2.45) is 0 Å². The molecule has 1 N–H and O–H groups in total. The molecule has 1 aromatic carbocycles. The number of rotatable bonds is 4. The van der Waals surface area contributed by atoms with E-state index in [1.807, 2.05) is 0 Å². The van der Waals surface area contributed by atoms with Gasteiger partial charge in [-0.3, -0.25) is 4.79 Å². The molecule has 0 spiro atoms. The molecule has 1 aliphatic carbocycles. The van der Waals surface area contributed by atoms with E-state index >= 15 is 0 Å². The van der Waals surface area contributed by atoms with Gasteiger partial charge in [0.05, 0.1) is 10.8 Å². The summed E-state index contributed by atoms with van der Waals surface area (Å²) in [5, 5.41) is 1.78. The number of hydrogen-bond acceptors (Lipinski definition) is 4. The molecule has 1 atom stereocenters. The van der Waals surface area contributed by atoms with Crippen LogP contribution in [-0.2, 0) is 27.7 Å². The second-order valence-corrected chi connectivity index (χ2v) is 8.92. The molecule has 1 unspecified atom stereocenters. The number of sulfonamides is 1. The molecule has 0 bridgehead atoms. The highest BCUT2D eigenvalue weighted by atomic mass is 32.2. The second-order valence-electron chi connectivity index (χ2n) is 6.02. The monoisotopic (exact) mass is 394 g/mol. The first-order valence-electron chi connectivity index (χ1n) is 7.74. The van der Waals surface area contributed by atoms with Crippen molar-refractivity contribution in [3.05, 3.63) is 29.3 Å². The van der Waals surface area contributed by atoms with Crippen molar-refractivity contribution in [1.82, 2.24) is 9.62 Å². The van der Waals surface area contributed by atoms with E-state index in [-0.39, 0.29) is 16.5 Å². The summed E-state index contributed by atoms with van der Waals surface area (Å²) in [6, 6.07) is 3.76. The van der Waals surface area contributed by atoms with Crippen LogP contribution in [0.5, 0.6) is 0 Å². The maximum absolute atomic E-state index is 12.9. The molecule has 3 rings (SSSR count). The van der Waals surface area contributed by atoms with Gasteiger partial charge in [-0.05, 0) is 42.5 Å². The van der Waals surface area contributed by atoms with E-state index in [0.717, 1.165) is 34.7 Å². The predicted octanol–water partition coefficient (Wildman–Crippen LogP) is 1.92. The minimum Gasteiger partial charge on any atom is -0.346 e. The zero-order valence-electron chi connectivity index (χ0n) is 13.2. The molecule has 138 valence electrons. The lowest BCUT2D eigenvalue weighted by Crippen LogP contribution is -2.49. The summed E-state index contributed by atoms with van der Waals surface area (Å²) in [5.74, 6) is -0.746. The van der Waals surface area contributed by atoms with Gasteiger partial charge in [-0.2, -0.15) is 17.5 Å². The van der Waals surface area contributed by atoms with Crippen LogP contribution in [0.4, 0.5) is 13.2 Å². The number of carbonyl (C=O) groups is 1. The van der Waals surface area contributed by atoms with Crippen molar-refractivity contribution in [2.75, 3.05) is 18.2 Å². The van der Waals surface area contributed by atoms with E-state index in [1.54, 1.807) is 17.4 Å². The number of nitrogens with one attached hydrogen (secondary N) is 1. The van der Waals surface area contributed by atoms with Gasteiger partial charge in [0.2, 0.25) is 15.9 Å². The summed E-state index contributed by atoms with van der Waals surface area (Å²) in [5.41, 5.74) is 2.10. The number of halogens is 3. The van der Waals surface area contributed by atoms with Crippen LogP contribution < -0.4 is 5.32 Å². The van der Waals surface area contributed by atoms with Gasteiger partial charge in [0.25, 0.3) is 0 Å². The third-order valence-corrected chi connectivity index (χ3v) is 7.31. The van der Waals surface area contributed by atoms with Gasteiger partial charge in [-0.15, -0.1) is 11.8 Å². The van der Waals surface area contributed by atoms with Crippen LogP contribution in [0.2, 0.25) is 0 Å². The quantitative estimate of drug-likeness (QED) is 0.847. The molecule has 5 nitrogen and oxygen atoms in total. The van der Waals surface area contributed by atoms with Gasteiger partial charge >= 0.3 is 6.18 Å². The average molecular weight is 394 g/mol. The molecule has 1 aliphatic heterocycles. The third-order valence-electron chi connectivity index (χ3n) is 4.28. The highest BCUT2D eigenvalue weighted by Crippen LogP contribution is 2.31. The Balaban J connectivity index is 1.80. The number of benzene rings is 1. The molecule has 1 heterocycles. The molecule has 1 aromatic rings. The van der Waals surface area contributed by atoms with Crippen molar-refractivity contribution in [3.63, 3.8) is 0 Å². The molecule has 2 aliphatic rings. The minimum atomic E-state index is -4.54. The predicted molar refractivity (Wildman–Crippen MR) is 87.7 cm³/mol. The average Bonchev–Trinajstić information content (AvgIpc) is 3.20. The molecule has 1 fully saturated rings. The normalized spacial score (nSPS) is 21.3. The maximum Gasteiger partial charge on any atom is 0.405 e. The topological polar surface area (TPSA) is 66.5 Å². The SMILES string of the molecule is O=C(NCC(F)(F)F)C1CSCN1S(=O)(=O)c1ccc2c(c1)CCC2. The zero-order valence-corrected chi connectivity index (χ0v) is 14.8. The Morgan fingerprint density at radius 3 is 2.72 bits per heavy atom. The molecule has 1 amide bonds. The Morgan fingerprint density at radius 2 is 2.00 bits per heavy atom. The van der Waals surface area contributed by atoms with E-state index in [4.69, 9.17) is 0 Å². The molecule has 0 saturated carbocycles. The molecular weight excluding hydrogens is 377 g/mol. The fraction of sp³-hybridized carbons (Fsp3) is 0.533. The summed E-state index contributed by atoms with van der Waals surface area (Å²) in [6.45, 7) is -1.47. The molecule has 10 heteroatoms. The number of fused-ring (bicyclic) bond motifs is 1. The van der Waals surface area contributed by atoms with Crippen LogP contribution in [0.15, 0.2) is 23.1 Å². The number of thioether (sulfide) groups is 1. The highest BCUT2D eigenvalue weighted by molar-refractivity contribution is 8.00. The fourth-order valence-corrected chi connectivity index (χ4v) is 6.22.